The maximum Gasteiger partial charge on any atom is 0.258 e. The van der Waals surface area contributed by atoms with Crippen LogP contribution in [0.5, 0.6) is 0 Å². The Kier molecular flexibility index (Phi) is 7.98. The quantitative estimate of drug-likeness (QED) is 0.229. The summed E-state index contributed by atoms with van der Waals surface area (Å²) in [6.07, 6.45) is 1.23. The number of aromatic nitrogens is 3. The van der Waals surface area contributed by atoms with Crippen molar-refractivity contribution < 1.29 is 23.9 Å². The van der Waals surface area contributed by atoms with Crippen LogP contribution in [0, 0.1) is 12.3 Å². The van der Waals surface area contributed by atoms with Crippen molar-refractivity contribution in [2.24, 2.45) is 5.41 Å². The van der Waals surface area contributed by atoms with E-state index in [1.807, 2.05) is 42.8 Å². The Morgan fingerprint density at radius 1 is 1.18 bits per heavy atom. The molecule has 4 N–H and O–H groups in total. The third kappa shape index (κ3) is 6.21. The molecule has 1 saturated heterocycles. The van der Waals surface area contributed by atoms with Crippen LogP contribution in [0.2, 0.25) is 0 Å². The second kappa shape index (κ2) is 11.6. The molecule has 1 aliphatic carbocycles. The number of likely N-dealkylation sites (tertiary alicyclic amines) is 1. The summed E-state index contributed by atoms with van der Waals surface area (Å²) in [5, 5.41) is 24.1. The third-order valence-electron chi connectivity index (χ3n) is 8.69. The number of halogens is 1. The molecular weight excluding hydrogens is 595 g/mol. The first kappa shape index (κ1) is 30.8. The fourth-order valence-corrected chi connectivity index (χ4v) is 6.60. The van der Waals surface area contributed by atoms with Gasteiger partial charge in [-0.3, -0.25) is 19.5 Å². The van der Waals surface area contributed by atoms with Crippen molar-refractivity contribution in [2.75, 3.05) is 6.54 Å². The zero-order valence-corrected chi connectivity index (χ0v) is 26.5. The first-order valence-corrected chi connectivity index (χ1v) is 15.9. The molecule has 45 heavy (non-hydrogen) atoms. The molecule has 0 unspecified atom stereocenters. The number of benzene rings is 2. The van der Waals surface area contributed by atoms with Crippen LogP contribution in [0.3, 0.4) is 0 Å². The lowest BCUT2D eigenvalue weighted by atomic mass is 9.85. The van der Waals surface area contributed by atoms with Crippen LogP contribution in [-0.4, -0.2) is 73.3 Å². The third-order valence-corrected chi connectivity index (χ3v) is 9.57. The molecule has 3 amide bonds. The van der Waals surface area contributed by atoms with E-state index in [4.69, 9.17) is 0 Å². The van der Waals surface area contributed by atoms with Gasteiger partial charge >= 0.3 is 0 Å². The Hall–Kier alpha value is -4.16. The molecule has 0 radical (unpaired) electrons. The van der Waals surface area contributed by atoms with E-state index in [9.17, 15) is 23.9 Å². The Morgan fingerprint density at radius 3 is 2.64 bits per heavy atom. The molecule has 1 saturated carbocycles. The maximum atomic E-state index is 14.4. The number of β-amino-alcohol motifs (C(OH)–C–C–N with tert-alkyl or cyclic N) is 1. The van der Waals surface area contributed by atoms with Crippen molar-refractivity contribution in [1.82, 2.24) is 30.7 Å². The van der Waals surface area contributed by atoms with Gasteiger partial charge in [0.1, 0.15) is 12.1 Å². The minimum atomic E-state index is -1.94. The van der Waals surface area contributed by atoms with Gasteiger partial charge in [0.15, 0.2) is 5.67 Å². The molecule has 2 aromatic carbocycles. The fraction of sp³-hybridized carbons (Fsp3) is 0.424. The summed E-state index contributed by atoms with van der Waals surface area (Å²) in [5.74, 6) is -1.71. The van der Waals surface area contributed by atoms with E-state index >= 15 is 0 Å². The number of carbonyl (C=O) groups excluding carboxylic acids is 3. The summed E-state index contributed by atoms with van der Waals surface area (Å²) in [7, 11) is 0. The number of aliphatic hydroxyl groups is 1. The lowest BCUT2D eigenvalue weighted by Crippen LogP contribution is -2.59. The van der Waals surface area contributed by atoms with Gasteiger partial charge in [0, 0.05) is 30.5 Å². The van der Waals surface area contributed by atoms with E-state index in [1.165, 1.54) is 4.90 Å². The van der Waals surface area contributed by atoms with Gasteiger partial charge in [0.25, 0.3) is 5.91 Å². The van der Waals surface area contributed by atoms with E-state index < -0.39 is 47.0 Å². The highest BCUT2D eigenvalue weighted by Gasteiger charge is 2.53. The zero-order chi connectivity index (χ0) is 32.1. The van der Waals surface area contributed by atoms with Crippen molar-refractivity contribution >= 4 is 40.0 Å². The van der Waals surface area contributed by atoms with E-state index in [1.54, 1.807) is 38.3 Å². The molecule has 0 bridgehead atoms. The Balaban J connectivity index is 1.14. The summed E-state index contributed by atoms with van der Waals surface area (Å²) < 4.78 is 14.4. The number of amides is 3. The molecule has 2 aromatic heterocycles. The average Bonchev–Trinajstić information content (AvgIpc) is 3.37. The smallest absolute Gasteiger partial charge is 0.258 e. The van der Waals surface area contributed by atoms with Crippen LogP contribution < -0.4 is 10.6 Å². The van der Waals surface area contributed by atoms with Crippen LogP contribution in [0.1, 0.15) is 51.2 Å². The minimum absolute atomic E-state index is 0.0433. The second-order valence-corrected chi connectivity index (χ2v) is 14.0. The molecule has 2 aliphatic rings. The monoisotopic (exact) mass is 632 g/mol. The first-order valence-electron chi connectivity index (χ1n) is 15.1. The maximum absolute atomic E-state index is 14.4. The van der Waals surface area contributed by atoms with Gasteiger partial charge in [-0.05, 0) is 47.9 Å². The summed E-state index contributed by atoms with van der Waals surface area (Å²) in [4.78, 5) is 46.6. The number of hydrogen-bond acceptors (Lipinski definition) is 7. The number of carbonyl (C=O) groups is 3. The zero-order valence-electron chi connectivity index (χ0n) is 25.7. The van der Waals surface area contributed by atoms with Gasteiger partial charge in [-0.2, -0.15) is 5.10 Å². The summed E-state index contributed by atoms with van der Waals surface area (Å²) in [5.41, 5.74) is 4.85. The van der Waals surface area contributed by atoms with Crippen LogP contribution in [-0.2, 0) is 20.9 Å². The Bertz CT molecular complexity index is 1770. The topological polar surface area (TPSA) is 140 Å². The van der Waals surface area contributed by atoms with E-state index in [0.717, 1.165) is 43.7 Å². The molecule has 12 heteroatoms. The lowest BCUT2D eigenvalue weighted by Gasteiger charge is -2.35. The molecule has 236 valence electrons. The van der Waals surface area contributed by atoms with Gasteiger partial charge in [-0.1, -0.05) is 51.1 Å². The number of aryl methyl sites for hydroxylation is 1. The predicted molar refractivity (Wildman–Crippen MR) is 170 cm³/mol. The van der Waals surface area contributed by atoms with Crippen molar-refractivity contribution in [1.29, 1.82) is 0 Å². The molecule has 1 aliphatic heterocycles. The molecule has 6 rings (SSSR count). The minimum Gasteiger partial charge on any atom is -0.391 e. The SMILES string of the molecule is Cc1cc(-c2scnc2-c2ccc3cn[nH]c3c2)ccc1CNC(=O)[C@@H]1C[C@@H](O)CN1C(=O)[C@@H](NC(=O)C1(F)CC1)C(C)(C)C. The van der Waals surface area contributed by atoms with E-state index in [-0.39, 0.29) is 32.4 Å². The van der Waals surface area contributed by atoms with Crippen LogP contribution in [0.25, 0.3) is 32.6 Å². The standard InChI is InChI=1S/C33H37FN6O4S/c1-18-11-20(27-26(36-17-45-27)19-5-8-22-15-37-39-24(22)12-19)6-7-21(18)14-35-29(42)25-13-23(41)16-40(25)30(43)28(32(2,3)4)38-31(44)33(34)9-10-33/h5-8,11-12,15,17,23,25,28,41H,9-10,13-14,16H2,1-4H3,(H,35,42)(H,37,39)(H,38,44)/t23-,25+,28-/m1/s1. The predicted octanol–water partition coefficient (Wildman–Crippen LogP) is 4.27. The van der Waals surface area contributed by atoms with Gasteiger partial charge in [-0.15, -0.1) is 11.3 Å². The first-order chi connectivity index (χ1) is 21.3. The summed E-state index contributed by atoms with van der Waals surface area (Å²) in [6.45, 7) is 7.48. The number of fused-ring (bicyclic) bond motifs is 1. The highest BCUT2D eigenvalue weighted by Crippen LogP contribution is 2.40. The average molecular weight is 633 g/mol. The van der Waals surface area contributed by atoms with E-state index in [2.05, 4.69) is 31.9 Å². The molecule has 2 fully saturated rings. The fourth-order valence-electron chi connectivity index (χ4n) is 5.79. The normalized spacial score (nSPS) is 19.8. The van der Waals surface area contributed by atoms with Crippen LogP contribution >= 0.6 is 11.3 Å². The molecule has 3 heterocycles. The van der Waals surface area contributed by atoms with Crippen LogP contribution in [0.15, 0.2) is 48.1 Å². The van der Waals surface area contributed by atoms with Crippen LogP contribution in [0.4, 0.5) is 4.39 Å². The van der Waals surface area contributed by atoms with Crippen molar-refractivity contribution in [3.8, 4) is 21.7 Å². The number of H-pyrrole nitrogens is 1. The largest absolute Gasteiger partial charge is 0.391 e. The number of thiazole rings is 1. The number of nitrogens with one attached hydrogen (secondary N) is 3. The number of alkyl halides is 1. The summed E-state index contributed by atoms with van der Waals surface area (Å²) >= 11 is 1.55. The second-order valence-electron chi connectivity index (χ2n) is 13.2. The highest BCUT2D eigenvalue weighted by molar-refractivity contribution is 7.13. The highest BCUT2D eigenvalue weighted by atomic mass is 32.1. The van der Waals surface area contributed by atoms with Crippen molar-refractivity contribution in [2.45, 2.75) is 77.4 Å². The summed E-state index contributed by atoms with van der Waals surface area (Å²) in [6, 6.07) is 10.2. The number of rotatable bonds is 8. The Labute approximate surface area is 264 Å². The number of aliphatic hydroxyl groups excluding tert-OH is 1. The van der Waals surface area contributed by atoms with Crippen molar-refractivity contribution in [3.05, 3.63) is 59.2 Å². The number of nitrogens with zero attached hydrogens (tertiary/aromatic N) is 3. The van der Waals surface area contributed by atoms with E-state index in [0.29, 0.717) is 0 Å². The molecular formula is C33H37FN6O4S. The molecule has 0 spiro atoms. The van der Waals surface area contributed by atoms with Crippen molar-refractivity contribution in [3.63, 3.8) is 0 Å². The van der Waals surface area contributed by atoms with Gasteiger partial charge in [0.05, 0.1) is 33.9 Å². The molecule has 4 aromatic rings. The van der Waals surface area contributed by atoms with Gasteiger partial charge in [0.2, 0.25) is 11.8 Å². The Morgan fingerprint density at radius 2 is 1.93 bits per heavy atom. The van der Waals surface area contributed by atoms with Gasteiger partial charge < -0.3 is 20.6 Å². The molecule has 10 nitrogen and oxygen atoms in total. The van der Waals surface area contributed by atoms with Gasteiger partial charge in [-0.25, -0.2) is 9.37 Å². The number of hydrogen-bond donors (Lipinski definition) is 4. The lowest BCUT2D eigenvalue weighted by molar-refractivity contribution is -0.145. The number of aromatic amines is 1. The molecule has 3 atom stereocenters.